The molecule has 2 aromatic carbocycles. The summed E-state index contributed by atoms with van der Waals surface area (Å²) in [4.78, 5) is 5.58. The molecule has 2 nitrogen and oxygen atoms in total. The van der Waals surface area contributed by atoms with Crippen LogP contribution in [0.3, 0.4) is 0 Å². The van der Waals surface area contributed by atoms with Crippen molar-refractivity contribution in [3.8, 4) is 0 Å². The predicted molar refractivity (Wildman–Crippen MR) is 206 cm³/mol. The zero-order valence-corrected chi connectivity index (χ0v) is 32.6. The standard InChI is InChI=1S/C44H72N2.Ni/c1-7-13-19-24-30-44(46-42-35-39(27-22-16-10-4)32-40(36-42)28-23-17-11-5)43(29-18-12-6)45-41-33-37(25-20-14-8-2)31-38(34-41)26-21-15-9-3;/h31-36H,7-30H2,1-6H3;/q;+1. The Hall–Kier alpha value is -1.73. The Labute approximate surface area is 300 Å². The van der Waals surface area contributed by atoms with Crippen molar-refractivity contribution in [2.75, 3.05) is 0 Å². The molecule has 0 saturated carbocycles. The van der Waals surface area contributed by atoms with Crippen molar-refractivity contribution in [1.29, 1.82) is 0 Å². The van der Waals surface area contributed by atoms with Gasteiger partial charge in [0.05, 0.1) is 0 Å². The zero-order chi connectivity index (χ0) is 34.1. The van der Waals surface area contributed by atoms with Gasteiger partial charge in [-0.05, 0) is 0 Å². The topological polar surface area (TPSA) is 15.4 Å². The van der Waals surface area contributed by atoms with Crippen molar-refractivity contribution >= 4 is 22.8 Å². The predicted octanol–water partition coefficient (Wildman–Crippen LogP) is 14.1. The van der Waals surface area contributed by atoms with Gasteiger partial charge in [0.2, 0.25) is 0 Å². The fourth-order valence-electron chi connectivity index (χ4n) is 6.53. The summed E-state index contributed by atoms with van der Waals surface area (Å²) < 4.78 is 2.17. The van der Waals surface area contributed by atoms with Crippen molar-refractivity contribution in [3.05, 3.63) is 58.7 Å². The first-order valence-electron chi connectivity index (χ1n) is 20.1. The summed E-state index contributed by atoms with van der Waals surface area (Å²) in [5.74, 6) is 0. The molecular formula is C44H72N2Ni+. The maximum absolute atomic E-state index is 6.02. The Morgan fingerprint density at radius 3 is 1.30 bits per heavy atom. The van der Waals surface area contributed by atoms with Crippen LogP contribution in [0.4, 0.5) is 11.4 Å². The first kappa shape index (κ1) is 41.4. The number of hydrogen-bond acceptors (Lipinski definition) is 1. The third kappa shape index (κ3) is 17.0. The zero-order valence-electron chi connectivity index (χ0n) is 31.6. The molecule has 0 bridgehead atoms. The molecule has 2 aromatic rings. The van der Waals surface area contributed by atoms with Gasteiger partial charge in [-0.3, -0.25) is 0 Å². The van der Waals surface area contributed by atoms with Crippen LogP contribution in [-0.4, -0.2) is 15.1 Å². The first-order chi connectivity index (χ1) is 23.0. The third-order valence-electron chi connectivity index (χ3n) is 9.41. The van der Waals surface area contributed by atoms with Gasteiger partial charge in [0.15, 0.2) is 0 Å². The Morgan fingerprint density at radius 1 is 0.468 bits per heavy atom. The van der Waals surface area contributed by atoms with Crippen LogP contribution in [0.5, 0.6) is 0 Å². The maximum atomic E-state index is 6.02. The van der Waals surface area contributed by atoms with Gasteiger partial charge in [0, 0.05) is 0 Å². The molecule has 0 aliphatic heterocycles. The molecule has 0 radical (unpaired) electrons. The molecule has 47 heavy (non-hydrogen) atoms. The van der Waals surface area contributed by atoms with E-state index in [4.69, 9.17) is 20.7 Å². The molecule has 0 aromatic heterocycles. The summed E-state index contributed by atoms with van der Waals surface area (Å²) >= 11 is 6.02. The van der Waals surface area contributed by atoms with Gasteiger partial charge in [0.25, 0.3) is 0 Å². The summed E-state index contributed by atoms with van der Waals surface area (Å²) in [6.07, 6.45) is 29.1. The van der Waals surface area contributed by atoms with Gasteiger partial charge in [0.1, 0.15) is 0 Å². The van der Waals surface area contributed by atoms with E-state index < -0.39 is 0 Å². The minimum atomic E-state index is 0.994. The number of nitrogens with zero attached hydrogens (tertiary/aromatic N) is 2. The van der Waals surface area contributed by atoms with Crippen LogP contribution in [0.25, 0.3) is 0 Å². The molecular weight excluding hydrogens is 615 g/mol. The summed E-state index contributed by atoms with van der Waals surface area (Å²) in [5, 5.41) is 0. The number of hydrogen-bond donors (Lipinski definition) is 0. The van der Waals surface area contributed by atoms with Crippen molar-refractivity contribution in [3.63, 3.8) is 0 Å². The Balaban J connectivity index is 2.68. The Kier molecular flexibility index (Phi) is 23.1. The molecule has 3 heteroatoms. The molecule has 0 N–H and O–H groups in total. The molecule has 0 unspecified atom stereocenters. The Morgan fingerprint density at radius 2 is 0.872 bits per heavy atom. The van der Waals surface area contributed by atoms with Crippen molar-refractivity contribution in [2.24, 2.45) is 4.99 Å². The Bertz CT molecular complexity index is 1120. The van der Waals surface area contributed by atoms with Crippen LogP contribution in [0.2, 0.25) is 0 Å². The first-order valence-corrected chi connectivity index (χ1v) is 20.6. The number of benzene rings is 2. The fourth-order valence-corrected chi connectivity index (χ4v) is 6.90. The summed E-state index contributed by atoms with van der Waals surface area (Å²) in [6, 6.07) is 14.5. The molecule has 267 valence electrons. The van der Waals surface area contributed by atoms with E-state index in [0.717, 1.165) is 57.1 Å². The second kappa shape index (κ2) is 26.2. The molecule has 0 saturated heterocycles. The average molecular weight is 688 g/mol. The summed E-state index contributed by atoms with van der Waals surface area (Å²) in [7, 11) is 0. The fraction of sp³-hybridized carbons (Fsp3) is 0.682. The van der Waals surface area contributed by atoms with E-state index in [-0.39, 0.29) is 0 Å². The van der Waals surface area contributed by atoms with E-state index in [1.54, 1.807) is 0 Å². The minimum absolute atomic E-state index is 0.994. The van der Waals surface area contributed by atoms with Crippen LogP contribution in [0.15, 0.2) is 41.4 Å². The van der Waals surface area contributed by atoms with Crippen LogP contribution < -0.4 is 0 Å². The molecule has 0 aliphatic carbocycles. The molecule has 0 atom stereocenters. The second-order valence-electron chi connectivity index (χ2n) is 14.0. The van der Waals surface area contributed by atoms with E-state index in [2.05, 4.69) is 81.6 Å². The molecule has 2 rings (SSSR count). The van der Waals surface area contributed by atoms with Crippen LogP contribution in [-0.2, 0) is 41.4 Å². The molecule has 0 fully saturated rings. The third-order valence-corrected chi connectivity index (χ3v) is 9.93. The number of aliphatic imine (C=N–C) groups is 1. The SMILES string of the molecule is CCCCCCC(=Nc1cc(CCCCC)cc(CCCCC)c1)C(CCCC)=[N+]([Ni])c1cc(CCCCC)cc(CCCCC)c1. The van der Waals surface area contributed by atoms with Crippen molar-refractivity contribution in [1.82, 2.24) is 0 Å². The van der Waals surface area contributed by atoms with Crippen LogP contribution in [0.1, 0.15) is 192 Å². The van der Waals surface area contributed by atoms with Gasteiger partial charge < -0.3 is 0 Å². The molecule has 0 heterocycles. The number of rotatable bonds is 27. The van der Waals surface area contributed by atoms with Crippen molar-refractivity contribution < 1.29 is 19.3 Å². The van der Waals surface area contributed by atoms with E-state index in [1.165, 1.54) is 142 Å². The van der Waals surface area contributed by atoms with E-state index in [1.807, 2.05) is 0 Å². The van der Waals surface area contributed by atoms with E-state index >= 15 is 0 Å². The van der Waals surface area contributed by atoms with Crippen molar-refractivity contribution in [2.45, 2.75) is 196 Å². The quantitative estimate of drug-likeness (QED) is 0.0505. The average Bonchev–Trinajstić information content (AvgIpc) is 3.07. The van der Waals surface area contributed by atoms with Crippen LogP contribution >= 0.6 is 0 Å². The van der Waals surface area contributed by atoms with Crippen LogP contribution in [0, 0.1) is 0 Å². The number of unbranched alkanes of at least 4 members (excludes halogenated alkanes) is 12. The number of aryl methyl sites for hydroxylation is 4. The van der Waals surface area contributed by atoms with Gasteiger partial charge in [-0.1, -0.05) is 0 Å². The second-order valence-corrected chi connectivity index (χ2v) is 14.5. The van der Waals surface area contributed by atoms with Gasteiger partial charge >= 0.3 is 301 Å². The molecule has 0 aliphatic rings. The summed E-state index contributed by atoms with van der Waals surface area (Å²) in [6.45, 7) is 13.8. The van der Waals surface area contributed by atoms with E-state index in [9.17, 15) is 0 Å². The molecule has 0 spiro atoms. The summed E-state index contributed by atoms with van der Waals surface area (Å²) in [5.41, 5.74) is 10.7. The molecule has 0 amide bonds. The van der Waals surface area contributed by atoms with Gasteiger partial charge in [-0.2, -0.15) is 0 Å². The normalized spacial score (nSPS) is 12.6. The monoisotopic (exact) mass is 687 g/mol. The van der Waals surface area contributed by atoms with E-state index in [0.29, 0.717) is 0 Å². The van der Waals surface area contributed by atoms with Gasteiger partial charge in [-0.15, -0.1) is 0 Å². The van der Waals surface area contributed by atoms with Gasteiger partial charge in [-0.25, -0.2) is 0 Å².